The van der Waals surface area contributed by atoms with Crippen molar-refractivity contribution in [3.8, 4) is 0 Å². The number of ketones is 1. The molecule has 0 aliphatic rings. The molecule has 1 amide bonds. The van der Waals surface area contributed by atoms with Crippen molar-refractivity contribution in [2.45, 2.75) is 18.6 Å². The van der Waals surface area contributed by atoms with E-state index in [9.17, 15) is 27.6 Å². The molecular weight excluding hydrogens is 362 g/mol. The summed E-state index contributed by atoms with van der Waals surface area (Å²) in [6.45, 7) is 0. The lowest BCUT2D eigenvalue weighted by Crippen LogP contribution is -2.48. The van der Waals surface area contributed by atoms with Crippen LogP contribution in [0.1, 0.15) is 16.8 Å². The molecule has 1 N–H and O–H groups in total. The topological polar surface area (TPSA) is 72.5 Å². The second kappa shape index (κ2) is 7.65. The summed E-state index contributed by atoms with van der Waals surface area (Å²) in [4.78, 5) is 34.4. The maximum absolute atomic E-state index is 12.3. The quantitative estimate of drug-likeness (QED) is 0.637. The minimum Gasteiger partial charge on any atom is -0.467 e. The van der Waals surface area contributed by atoms with Crippen LogP contribution < -0.4 is 5.32 Å². The van der Waals surface area contributed by atoms with E-state index < -0.39 is 36.3 Å². The third-order valence-electron chi connectivity index (χ3n) is 2.68. The van der Waals surface area contributed by atoms with Gasteiger partial charge in [-0.3, -0.25) is 9.59 Å². The van der Waals surface area contributed by atoms with E-state index in [1.165, 1.54) is 23.5 Å². The fourth-order valence-electron chi connectivity index (χ4n) is 1.55. The summed E-state index contributed by atoms with van der Waals surface area (Å²) in [6.07, 6.45) is -5.93. The number of halogens is 5. The van der Waals surface area contributed by atoms with E-state index in [-0.39, 0.29) is 15.6 Å². The van der Waals surface area contributed by atoms with E-state index in [0.717, 1.165) is 7.11 Å². The number of rotatable bonds is 5. The fraction of sp³-hybridized carbons (Fsp3) is 0.308. The van der Waals surface area contributed by atoms with Gasteiger partial charge in [-0.25, -0.2) is 4.79 Å². The molecule has 1 rings (SSSR count). The largest absolute Gasteiger partial charge is 0.471 e. The van der Waals surface area contributed by atoms with Gasteiger partial charge in [0, 0.05) is 12.0 Å². The van der Waals surface area contributed by atoms with E-state index in [0.29, 0.717) is 0 Å². The first kappa shape index (κ1) is 19.2. The molecule has 1 aromatic carbocycles. The lowest BCUT2D eigenvalue weighted by Gasteiger charge is -2.17. The molecule has 0 spiro atoms. The number of esters is 1. The molecule has 0 fully saturated rings. The molecule has 0 bridgehead atoms. The zero-order chi connectivity index (χ0) is 17.8. The van der Waals surface area contributed by atoms with Crippen LogP contribution in [-0.4, -0.2) is 37.0 Å². The third-order valence-corrected chi connectivity index (χ3v) is 3.42. The lowest BCUT2D eigenvalue weighted by molar-refractivity contribution is -0.175. The van der Waals surface area contributed by atoms with E-state index >= 15 is 0 Å². The molecule has 0 aliphatic heterocycles. The predicted molar refractivity (Wildman–Crippen MR) is 75.4 cm³/mol. The highest BCUT2D eigenvalue weighted by atomic mass is 35.5. The van der Waals surface area contributed by atoms with Gasteiger partial charge in [0.05, 0.1) is 17.2 Å². The van der Waals surface area contributed by atoms with Gasteiger partial charge in [0.1, 0.15) is 6.04 Å². The Labute approximate surface area is 138 Å². The van der Waals surface area contributed by atoms with Crippen LogP contribution in [-0.2, 0) is 14.3 Å². The predicted octanol–water partition coefficient (Wildman–Crippen LogP) is 2.79. The van der Waals surface area contributed by atoms with Crippen molar-refractivity contribution >= 4 is 40.9 Å². The Balaban J connectivity index is 2.92. The van der Waals surface area contributed by atoms with Gasteiger partial charge < -0.3 is 10.1 Å². The molecule has 23 heavy (non-hydrogen) atoms. The molecule has 0 unspecified atom stereocenters. The van der Waals surface area contributed by atoms with Crippen molar-refractivity contribution in [3.05, 3.63) is 33.8 Å². The SMILES string of the molecule is COC(=O)[C@@H](CC(=O)c1ccc(Cl)c(Cl)c1)NC(=O)C(F)(F)F. The molecule has 0 saturated carbocycles. The molecular formula is C13H10Cl2F3NO4. The summed E-state index contributed by atoms with van der Waals surface area (Å²) in [6, 6.07) is 2.03. The molecule has 0 aliphatic carbocycles. The maximum atomic E-state index is 12.3. The summed E-state index contributed by atoms with van der Waals surface area (Å²) in [7, 11) is 0.915. The molecule has 126 valence electrons. The van der Waals surface area contributed by atoms with Gasteiger partial charge in [0.2, 0.25) is 0 Å². The summed E-state index contributed by atoms with van der Waals surface area (Å²) >= 11 is 11.4. The first-order valence-electron chi connectivity index (χ1n) is 6.00. The smallest absolute Gasteiger partial charge is 0.467 e. The number of Topliss-reactive ketones (excluding diaryl/α,β-unsaturated/α-hetero) is 1. The van der Waals surface area contributed by atoms with Crippen LogP contribution in [0.3, 0.4) is 0 Å². The number of carbonyl (C=O) groups excluding carboxylic acids is 3. The maximum Gasteiger partial charge on any atom is 0.471 e. The highest BCUT2D eigenvalue weighted by Gasteiger charge is 2.41. The Hall–Kier alpha value is -1.80. The number of alkyl halides is 3. The fourth-order valence-corrected chi connectivity index (χ4v) is 1.85. The molecule has 10 heteroatoms. The van der Waals surface area contributed by atoms with Gasteiger partial charge in [-0.15, -0.1) is 0 Å². The van der Waals surface area contributed by atoms with Crippen LogP contribution in [0.5, 0.6) is 0 Å². The monoisotopic (exact) mass is 371 g/mol. The van der Waals surface area contributed by atoms with Crippen molar-refractivity contribution in [3.63, 3.8) is 0 Å². The van der Waals surface area contributed by atoms with E-state index in [1.807, 2.05) is 0 Å². The molecule has 1 atom stereocenters. The van der Waals surface area contributed by atoms with Crippen LogP contribution in [0.4, 0.5) is 13.2 Å². The molecule has 5 nitrogen and oxygen atoms in total. The number of hydrogen-bond acceptors (Lipinski definition) is 4. The second-order valence-electron chi connectivity index (χ2n) is 4.30. The van der Waals surface area contributed by atoms with Crippen molar-refractivity contribution in [2.24, 2.45) is 0 Å². The summed E-state index contributed by atoms with van der Waals surface area (Å²) in [5.41, 5.74) is 0.0227. The zero-order valence-electron chi connectivity index (χ0n) is 11.5. The van der Waals surface area contributed by atoms with Gasteiger partial charge in [0.15, 0.2) is 5.78 Å². The molecule has 0 saturated heterocycles. The Morgan fingerprint density at radius 1 is 1.22 bits per heavy atom. The molecule has 0 radical (unpaired) electrons. The van der Waals surface area contributed by atoms with Crippen molar-refractivity contribution in [1.29, 1.82) is 0 Å². The average Bonchev–Trinajstić information content (AvgIpc) is 2.47. The average molecular weight is 372 g/mol. The lowest BCUT2D eigenvalue weighted by atomic mass is 10.0. The second-order valence-corrected chi connectivity index (χ2v) is 5.12. The van der Waals surface area contributed by atoms with Gasteiger partial charge >= 0.3 is 18.1 Å². The van der Waals surface area contributed by atoms with Gasteiger partial charge in [-0.1, -0.05) is 23.2 Å². The number of nitrogens with one attached hydrogen (secondary N) is 1. The van der Waals surface area contributed by atoms with E-state index in [1.54, 1.807) is 0 Å². The number of ether oxygens (including phenoxy) is 1. The van der Waals surface area contributed by atoms with Crippen molar-refractivity contribution in [2.75, 3.05) is 7.11 Å². The Morgan fingerprint density at radius 3 is 2.30 bits per heavy atom. The van der Waals surface area contributed by atoms with Crippen LogP contribution >= 0.6 is 23.2 Å². The summed E-state index contributed by atoms with van der Waals surface area (Å²) in [5, 5.41) is 1.66. The number of hydrogen-bond donors (Lipinski definition) is 1. The Morgan fingerprint density at radius 2 is 1.83 bits per heavy atom. The first-order chi connectivity index (χ1) is 10.6. The Kier molecular flexibility index (Phi) is 6.40. The number of methoxy groups -OCH3 is 1. The van der Waals surface area contributed by atoms with Crippen LogP contribution in [0.25, 0.3) is 0 Å². The minimum absolute atomic E-state index is 0.0227. The highest BCUT2D eigenvalue weighted by molar-refractivity contribution is 6.42. The van der Waals surface area contributed by atoms with E-state index in [2.05, 4.69) is 4.74 Å². The molecule has 0 heterocycles. The highest BCUT2D eigenvalue weighted by Crippen LogP contribution is 2.23. The number of amides is 1. The van der Waals surface area contributed by atoms with Crippen LogP contribution in [0.15, 0.2) is 18.2 Å². The van der Waals surface area contributed by atoms with Gasteiger partial charge in [-0.05, 0) is 18.2 Å². The minimum atomic E-state index is -5.20. The van der Waals surface area contributed by atoms with Crippen LogP contribution in [0.2, 0.25) is 10.0 Å². The van der Waals surface area contributed by atoms with Crippen LogP contribution in [0, 0.1) is 0 Å². The third kappa shape index (κ3) is 5.40. The summed E-state index contributed by atoms with van der Waals surface area (Å²) < 4.78 is 41.0. The standard InChI is InChI=1S/C13H10Cl2F3NO4/c1-23-11(21)9(19-12(22)13(16,17)18)5-10(20)6-2-3-7(14)8(15)4-6/h2-4,9H,5H2,1H3,(H,19,22)/t9-/m1/s1. The van der Waals surface area contributed by atoms with Crippen molar-refractivity contribution in [1.82, 2.24) is 5.32 Å². The summed E-state index contributed by atoms with van der Waals surface area (Å²) in [5.74, 6) is -4.26. The Bertz CT molecular complexity index is 634. The van der Waals surface area contributed by atoms with Gasteiger partial charge in [-0.2, -0.15) is 13.2 Å². The van der Waals surface area contributed by atoms with Gasteiger partial charge in [0.25, 0.3) is 0 Å². The van der Waals surface area contributed by atoms with Crippen molar-refractivity contribution < 1.29 is 32.3 Å². The molecule has 1 aromatic rings. The van der Waals surface area contributed by atoms with E-state index in [4.69, 9.17) is 23.2 Å². The number of benzene rings is 1. The first-order valence-corrected chi connectivity index (χ1v) is 6.75. The number of carbonyl (C=O) groups is 3. The zero-order valence-corrected chi connectivity index (χ0v) is 13.1. The molecule has 0 aromatic heterocycles. The normalized spacial score (nSPS) is 12.4.